The Morgan fingerprint density at radius 2 is 1.87 bits per heavy atom. The molecule has 31 heavy (non-hydrogen) atoms. The molecule has 3 rings (SSSR count). The fourth-order valence-electron chi connectivity index (χ4n) is 3.41. The minimum atomic E-state index is -0.0655. The zero-order chi connectivity index (χ0) is 21.0. The van der Waals surface area contributed by atoms with Gasteiger partial charge in [-0.05, 0) is 49.4 Å². The van der Waals surface area contributed by atoms with Gasteiger partial charge in [-0.25, -0.2) is 4.99 Å². The van der Waals surface area contributed by atoms with E-state index >= 15 is 0 Å². The summed E-state index contributed by atoms with van der Waals surface area (Å²) in [6.07, 6.45) is 3.17. The molecule has 0 aliphatic carbocycles. The average Bonchev–Trinajstić information content (AvgIpc) is 3.30. The van der Waals surface area contributed by atoms with Crippen molar-refractivity contribution in [1.29, 1.82) is 0 Å². The molecular formula is C24H33IN4O2. The molecule has 0 bridgehead atoms. The molecule has 1 unspecified atom stereocenters. The summed E-state index contributed by atoms with van der Waals surface area (Å²) in [7, 11) is 0. The number of aliphatic imine (C=N–C) groups is 1. The van der Waals surface area contributed by atoms with E-state index in [2.05, 4.69) is 45.2 Å². The fourth-order valence-corrected chi connectivity index (χ4v) is 3.41. The smallest absolute Gasteiger partial charge is 0.251 e. The summed E-state index contributed by atoms with van der Waals surface area (Å²) in [5.74, 6) is 0.714. The lowest BCUT2D eigenvalue weighted by atomic mass is 10.1. The molecule has 3 N–H and O–H groups in total. The maximum atomic E-state index is 12.4. The minimum Gasteiger partial charge on any atom is -0.376 e. The first-order chi connectivity index (χ1) is 14.7. The van der Waals surface area contributed by atoms with Gasteiger partial charge in [-0.3, -0.25) is 4.79 Å². The van der Waals surface area contributed by atoms with E-state index in [1.807, 2.05) is 37.3 Å². The monoisotopic (exact) mass is 536 g/mol. The van der Waals surface area contributed by atoms with Gasteiger partial charge < -0.3 is 20.7 Å². The minimum absolute atomic E-state index is 0. The third-order valence-corrected chi connectivity index (χ3v) is 5.02. The van der Waals surface area contributed by atoms with Gasteiger partial charge in [0.05, 0.1) is 12.6 Å². The van der Waals surface area contributed by atoms with Crippen molar-refractivity contribution in [2.24, 2.45) is 4.99 Å². The van der Waals surface area contributed by atoms with Crippen molar-refractivity contribution in [3.8, 4) is 0 Å². The van der Waals surface area contributed by atoms with E-state index in [9.17, 15) is 4.79 Å². The first-order valence-corrected chi connectivity index (χ1v) is 10.8. The SMILES string of the molecule is CCNC(=NCc1cccc(C(=O)NCC2CCCO2)c1)NCCc1ccccc1.I. The van der Waals surface area contributed by atoms with Crippen molar-refractivity contribution < 1.29 is 9.53 Å². The Kier molecular flexibility index (Phi) is 11.4. The summed E-state index contributed by atoms with van der Waals surface area (Å²) in [5.41, 5.74) is 2.95. The number of carbonyl (C=O) groups excluding carboxylic acids is 1. The number of guanidine groups is 1. The number of benzene rings is 2. The molecular weight excluding hydrogens is 503 g/mol. The van der Waals surface area contributed by atoms with Gasteiger partial charge in [-0.1, -0.05) is 42.5 Å². The highest BCUT2D eigenvalue weighted by atomic mass is 127. The fraction of sp³-hybridized carbons (Fsp3) is 0.417. The van der Waals surface area contributed by atoms with E-state index in [4.69, 9.17) is 4.74 Å². The van der Waals surface area contributed by atoms with Crippen LogP contribution in [0.25, 0.3) is 0 Å². The molecule has 0 saturated carbocycles. The van der Waals surface area contributed by atoms with Crippen LogP contribution in [0.3, 0.4) is 0 Å². The van der Waals surface area contributed by atoms with Crippen LogP contribution >= 0.6 is 24.0 Å². The third-order valence-electron chi connectivity index (χ3n) is 5.02. The maximum absolute atomic E-state index is 12.4. The topological polar surface area (TPSA) is 74.8 Å². The Labute approximate surface area is 202 Å². The highest BCUT2D eigenvalue weighted by Gasteiger charge is 2.16. The number of hydrogen-bond acceptors (Lipinski definition) is 3. The van der Waals surface area contributed by atoms with Crippen molar-refractivity contribution >= 4 is 35.8 Å². The van der Waals surface area contributed by atoms with Crippen molar-refractivity contribution in [1.82, 2.24) is 16.0 Å². The van der Waals surface area contributed by atoms with Crippen LogP contribution in [0, 0.1) is 0 Å². The Hall–Kier alpha value is -2.13. The van der Waals surface area contributed by atoms with Gasteiger partial charge in [-0.15, -0.1) is 24.0 Å². The molecule has 0 spiro atoms. The van der Waals surface area contributed by atoms with E-state index in [-0.39, 0.29) is 36.0 Å². The Balaban J connectivity index is 0.00000341. The summed E-state index contributed by atoms with van der Waals surface area (Å²) >= 11 is 0. The second-order valence-corrected chi connectivity index (χ2v) is 7.40. The van der Waals surface area contributed by atoms with Gasteiger partial charge in [0, 0.05) is 31.8 Å². The molecule has 168 valence electrons. The predicted octanol–water partition coefficient (Wildman–Crippen LogP) is 3.51. The number of amides is 1. The quantitative estimate of drug-likeness (QED) is 0.261. The molecule has 2 aromatic carbocycles. The van der Waals surface area contributed by atoms with Crippen molar-refractivity contribution in [3.05, 3.63) is 71.3 Å². The summed E-state index contributed by atoms with van der Waals surface area (Å²) in [5, 5.41) is 9.62. The molecule has 1 amide bonds. The van der Waals surface area contributed by atoms with Crippen LogP contribution in [0.4, 0.5) is 0 Å². The Morgan fingerprint density at radius 1 is 1.06 bits per heavy atom. The van der Waals surface area contributed by atoms with Crippen LogP contribution in [0.15, 0.2) is 59.6 Å². The first kappa shape index (κ1) is 25.1. The highest BCUT2D eigenvalue weighted by Crippen LogP contribution is 2.11. The molecule has 2 aromatic rings. The number of hydrogen-bond donors (Lipinski definition) is 3. The number of nitrogens with one attached hydrogen (secondary N) is 3. The molecule has 1 heterocycles. The Bertz CT molecular complexity index is 823. The largest absolute Gasteiger partial charge is 0.376 e. The Morgan fingerprint density at radius 3 is 2.61 bits per heavy atom. The molecule has 7 heteroatoms. The molecule has 1 saturated heterocycles. The van der Waals surface area contributed by atoms with Gasteiger partial charge in [0.2, 0.25) is 0 Å². The van der Waals surface area contributed by atoms with Crippen molar-refractivity contribution in [2.75, 3.05) is 26.2 Å². The van der Waals surface area contributed by atoms with Gasteiger partial charge in [0.1, 0.15) is 0 Å². The first-order valence-electron chi connectivity index (χ1n) is 10.8. The average molecular weight is 536 g/mol. The second kappa shape index (κ2) is 14.0. The molecule has 1 aliphatic heterocycles. The van der Waals surface area contributed by atoms with E-state index < -0.39 is 0 Å². The lowest BCUT2D eigenvalue weighted by Gasteiger charge is -2.12. The summed E-state index contributed by atoms with van der Waals surface area (Å²) in [4.78, 5) is 17.1. The van der Waals surface area contributed by atoms with E-state index in [1.165, 1.54) is 5.56 Å². The van der Waals surface area contributed by atoms with Crippen LogP contribution < -0.4 is 16.0 Å². The van der Waals surface area contributed by atoms with Crippen LogP contribution in [0.5, 0.6) is 0 Å². The van der Waals surface area contributed by atoms with Crippen LogP contribution in [-0.2, 0) is 17.7 Å². The number of ether oxygens (including phenoxy) is 1. The third kappa shape index (κ3) is 8.86. The van der Waals surface area contributed by atoms with E-state index in [1.54, 1.807) is 0 Å². The lowest BCUT2D eigenvalue weighted by Crippen LogP contribution is -2.38. The number of carbonyl (C=O) groups is 1. The summed E-state index contributed by atoms with van der Waals surface area (Å²) in [6, 6.07) is 18.0. The van der Waals surface area contributed by atoms with Gasteiger partial charge in [-0.2, -0.15) is 0 Å². The molecule has 1 fully saturated rings. The van der Waals surface area contributed by atoms with Crippen LogP contribution in [0.1, 0.15) is 41.3 Å². The standard InChI is InChI=1S/C24H32N4O2.HI/c1-2-25-24(26-14-13-19-8-4-3-5-9-19)28-17-20-10-6-11-21(16-20)23(29)27-18-22-12-7-15-30-22;/h3-6,8-11,16,22H,2,7,12-15,17-18H2,1H3,(H,27,29)(H2,25,26,28);1H. The summed E-state index contributed by atoms with van der Waals surface area (Å²) < 4.78 is 5.56. The zero-order valence-corrected chi connectivity index (χ0v) is 20.4. The molecule has 1 aliphatic rings. The molecule has 6 nitrogen and oxygen atoms in total. The van der Waals surface area contributed by atoms with Crippen LogP contribution in [-0.4, -0.2) is 44.2 Å². The van der Waals surface area contributed by atoms with Crippen molar-refractivity contribution in [2.45, 2.75) is 38.8 Å². The van der Waals surface area contributed by atoms with E-state index in [0.717, 1.165) is 50.5 Å². The van der Waals surface area contributed by atoms with Gasteiger partial charge >= 0.3 is 0 Å². The van der Waals surface area contributed by atoms with Gasteiger partial charge in [0.15, 0.2) is 5.96 Å². The zero-order valence-electron chi connectivity index (χ0n) is 18.1. The predicted molar refractivity (Wildman–Crippen MR) is 136 cm³/mol. The summed E-state index contributed by atoms with van der Waals surface area (Å²) in [6.45, 7) is 5.52. The highest BCUT2D eigenvalue weighted by molar-refractivity contribution is 14.0. The molecule has 0 aromatic heterocycles. The van der Waals surface area contributed by atoms with Crippen LogP contribution in [0.2, 0.25) is 0 Å². The van der Waals surface area contributed by atoms with E-state index in [0.29, 0.717) is 18.7 Å². The van der Waals surface area contributed by atoms with Gasteiger partial charge in [0.25, 0.3) is 5.91 Å². The lowest BCUT2D eigenvalue weighted by molar-refractivity contribution is 0.0857. The molecule has 1 atom stereocenters. The number of rotatable bonds is 9. The molecule has 0 radical (unpaired) electrons. The second-order valence-electron chi connectivity index (χ2n) is 7.40. The maximum Gasteiger partial charge on any atom is 0.251 e. The van der Waals surface area contributed by atoms with Crippen molar-refractivity contribution in [3.63, 3.8) is 0 Å². The normalized spacial score (nSPS) is 15.8. The number of halogens is 1. The number of nitrogens with zero attached hydrogens (tertiary/aromatic N) is 1.